The van der Waals surface area contributed by atoms with Crippen LogP contribution in [-0.4, -0.2) is 31.2 Å². The predicted molar refractivity (Wildman–Crippen MR) is 79.4 cm³/mol. The van der Waals surface area contributed by atoms with E-state index in [1.807, 2.05) is 13.8 Å². The Morgan fingerprint density at radius 2 is 1.68 bits per heavy atom. The molecule has 0 atom stereocenters. The minimum Gasteiger partial charge on any atom is -0.400 e. The summed E-state index contributed by atoms with van der Waals surface area (Å²) in [5.41, 5.74) is -0.863. The molecule has 1 aliphatic heterocycles. The number of carbonyl (C=O) groups is 1. The molecule has 9 heteroatoms. The summed E-state index contributed by atoms with van der Waals surface area (Å²) in [4.78, 5) is 11.9. The van der Waals surface area contributed by atoms with Gasteiger partial charge >= 0.3 is 7.59 Å². The molecule has 4 N–H and O–H groups in total. The Morgan fingerprint density at radius 3 is 2.14 bits per heavy atom. The second-order valence-corrected chi connectivity index (χ2v) is 7.56. The summed E-state index contributed by atoms with van der Waals surface area (Å²) < 4.78 is 39.3. The first-order chi connectivity index (χ1) is 10.2. The first-order valence-corrected chi connectivity index (χ1v) is 8.25. The molecular weight excluding hydrogens is 315 g/mol. The standard InChI is InChI=1S/C12H16F2N3O2P.CH4O/c1-12(2)6-15-20(19,16-7-12)17-11(18)10-8(13)4-3-5-9(10)14;1-2/h3-5H,6-7H2,1-2H3,(H3,15,16,17,18,19);2H,1H3. The van der Waals surface area contributed by atoms with Crippen LogP contribution in [0.25, 0.3) is 0 Å². The molecule has 1 aromatic carbocycles. The van der Waals surface area contributed by atoms with E-state index < -0.39 is 30.7 Å². The maximum Gasteiger partial charge on any atom is 0.305 e. The quantitative estimate of drug-likeness (QED) is 0.617. The number of nitrogens with one attached hydrogen (secondary N) is 3. The van der Waals surface area contributed by atoms with Gasteiger partial charge in [0.25, 0.3) is 5.91 Å². The van der Waals surface area contributed by atoms with Gasteiger partial charge in [-0.1, -0.05) is 19.9 Å². The number of rotatable bonds is 2. The van der Waals surface area contributed by atoms with Crippen molar-refractivity contribution in [3.05, 3.63) is 35.4 Å². The number of carbonyl (C=O) groups excluding carboxylic acids is 1. The van der Waals surface area contributed by atoms with Crippen molar-refractivity contribution in [2.75, 3.05) is 20.2 Å². The number of halogens is 2. The Kier molecular flexibility index (Phi) is 6.19. The topological polar surface area (TPSA) is 90.5 Å². The molecule has 1 aliphatic rings. The fraction of sp³-hybridized carbons (Fsp3) is 0.462. The van der Waals surface area contributed by atoms with E-state index >= 15 is 0 Å². The summed E-state index contributed by atoms with van der Waals surface area (Å²) in [6, 6.07) is 3.10. The molecule has 1 heterocycles. The van der Waals surface area contributed by atoms with E-state index in [9.17, 15) is 18.1 Å². The lowest BCUT2D eigenvalue weighted by Gasteiger charge is -2.36. The first-order valence-electron chi connectivity index (χ1n) is 6.54. The van der Waals surface area contributed by atoms with Crippen LogP contribution < -0.4 is 15.3 Å². The lowest BCUT2D eigenvalue weighted by molar-refractivity contribution is 0.0970. The lowest BCUT2D eigenvalue weighted by Crippen LogP contribution is -2.49. The SMILES string of the molecule is CC1(C)CNP(=O)(NC(=O)c2c(F)cccc2F)NC1.CO. The van der Waals surface area contributed by atoms with Gasteiger partial charge in [0.15, 0.2) is 0 Å². The fourth-order valence-electron chi connectivity index (χ4n) is 1.76. The molecule has 0 unspecified atom stereocenters. The summed E-state index contributed by atoms with van der Waals surface area (Å²) in [7, 11) is -2.39. The predicted octanol–water partition coefficient (Wildman–Crippen LogP) is 1.63. The summed E-state index contributed by atoms with van der Waals surface area (Å²) in [5, 5.41) is 14.5. The molecule has 0 aliphatic carbocycles. The van der Waals surface area contributed by atoms with Crippen LogP contribution in [0, 0.1) is 17.0 Å². The molecule has 6 nitrogen and oxygen atoms in total. The average Bonchev–Trinajstić information content (AvgIpc) is 2.45. The molecule has 0 aromatic heterocycles. The number of aliphatic hydroxyl groups is 1. The van der Waals surface area contributed by atoms with Crippen molar-refractivity contribution in [1.29, 1.82) is 0 Å². The van der Waals surface area contributed by atoms with Crippen molar-refractivity contribution in [3.63, 3.8) is 0 Å². The Bertz CT molecular complexity index is 562. The zero-order chi connectivity index (χ0) is 17.0. The van der Waals surface area contributed by atoms with E-state index in [2.05, 4.69) is 15.3 Å². The van der Waals surface area contributed by atoms with Gasteiger partial charge in [-0.2, -0.15) is 0 Å². The molecule has 1 saturated heterocycles. The van der Waals surface area contributed by atoms with Crippen LogP contribution in [-0.2, 0) is 4.57 Å². The molecule has 22 heavy (non-hydrogen) atoms. The Labute approximate surface area is 127 Å². The van der Waals surface area contributed by atoms with Crippen molar-refractivity contribution < 1.29 is 23.2 Å². The van der Waals surface area contributed by atoms with Gasteiger partial charge in [-0.05, 0) is 17.5 Å². The van der Waals surface area contributed by atoms with E-state index in [1.54, 1.807) is 0 Å². The molecular formula is C13H20F2N3O3P. The van der Waals surface area contributed by atoms with Crippen LogP contribution >= 0.6 is 7.59 Å². The van der Waals surface area contributed by atoms with E-state index in [0.29, 0.717) is 13.1 Å². The third kappa shape index (κ3) is 4.58. The van der Waals surface area contributed by atoms with Crippen LogP contribution in [0.4, 0.5) is 8.78 Å². The van der Waals surface area contributed by atoms with Gasteiger partial charge in [0, 0.05) is 20.2 Å². The van der Waals surface area contributed by atoms with Crippen molar-refractivity contribution in [2.24, 2.45) is 5.41 Å². The molecule has 124 valence electrons. The Hall–Kier alpha value is -1.34. The van der Waals surface area contributed by atoms with Crippen LogP contribution in [0.15, 0.2) is 18.2 Å². The summed E-state index contributed by atoms with van der Waals surface area (Å²) in [6.07, 6.45) is 0. The first kappa shape index (κ1) is 18.7. The zero-order valence-corrected chi connectivity index (χ0v) is 13.5. The van der Waals surface area contributed by atoms with Gasteiger partial charge in [-0.25, -0.2) is 19.0 Å². The second-order valence-electron chi connectivity index (χ2n) is 5.48. The summed E-state index contributed by atoms with van der Waals surface area (Å²) in [5.74, 6) is -3.04. The summed E-state index contributed by atoms with van der Waals surface area (Å²) >= 11 is 0. The maximum absolute atomic E-state index is 13.5. The second kappa shape index (κ2) is 7.28. The number of benzene rings is 1. The largest absolute Gasteiger partial charge is 0.400 e. The smallest absolute Gasteiger partial charge is 0.305 e. The highest BCUT2D eigenvalue weighted by atomic mass is 31.2. The molecule has 1 amide bonds. The third-order valence-electron chi connectivity index (χ3n) is 3.01. The van der Waals surface area contributed by atoms with Crippen LogP contribution in [0.3, 0.4) is 0 Å². The highest BCUT2D eigenvalue weighted by Gasteiger charge is 2.35. The zero-order valence-electron chi connectivity index (χ0n) is 12.6. The minimum absolute atomic E-state index is 0.123. The third-order valence-corrected chi connectivity index (χ3v) is 4.73. The highest BCUT2D eigenvalue weighted by Crippen LogP contribution is 2.37. The van der Waals surface area contributed by atoms with Gasteiger partial charge < -0.3 is 5.11 Å². The van der Waals surface area contributed by atoms with E-state index in [0.717, 1.165) is 25.3 Å². The Morgan fingerprint density at radius 1 is 1.23 bits per heavy atom. The molecule has 1 aromatic rings. The summed E-state index contributed by atoms with van der Waals surface area (Å²) in [6.45, 7) is 4.73. The molecule has 2 rings (SSSR count). The van der Waals surface area contributed by atoms with Crippen molar-refractivity contribution >= 4 is 13.5 Å². The number of hydrogen-bond donors (Lipinski definition) is 4. The van der Waals surface area contributed by atoms with Gasteiger partial charge in [0.1, 0.15) is 17.2 Å². The van der Waals surface area contributed by atoms with Gasteiger partial charge in [0.2, 0.25) is 0 Å². The normalized spacial score (nSPS) is 18.8. The maximum atomic E-state index is 13.5. The number of hydrogen-bond acceptors (Lipinski definition) is 3. The number of aliphatic hydroxyl groups excluding tert-OH is 1. The Balaban J connectivity index is 0.00000116. The van der Waals surface area contributed by atoms with Crippen molar-refractivity contribution in [1.82, 2.24) is 15.3 Å². The lowest BCUT2D eigenvalue weighted by atomic mass is 9.94. The monoisotopic (exact) mass is 335 g/mol. The van der Waals surface area contributed by atoms with E-state index in [1.165, 1.54) is 0 Å². The van der Waals surface area contributed by atoms with Crippen molar-refractivity contribution in [2.45, 2.75) is 13.8 Å². The molecule has 0 saturated carbocycles. The van der Waals surface area contributed by atoms with Crippen LogP contribution in [0.2, 0.25) is 0 Å². The van der Waals surface area contributed by atoms with Gasteiger partial charge in [0.05, 0.1) is 0 Å². The molecule has 0 bridgehead atoms. The average molecular weight is 335 g/mol. The fourth-order valence-corrected chi connectivity index (χ4v) is 3.73. The highest BCUT2D eigenvalue weighted by molar-refractivity contribution is 7.58. The van der Waals surface area contributed by atoms with Crippen molar-refractivity contribution in [3.8, 4) is 0 Å². The van der Waals surface area contributed by atoms with E-state index in [4.69, 9.17) is 5.11 Å². The van der Waals surface area contributed by atoms with Crippen LogP contribution in [0.5, 0.6) is 0 Å². The van der Waals surface area contributed by atoms with Crippen LogP contribution in [0.1, 0.15) is 24.2 Å². The van der Waals surface area contributed by atoms with Gasteiger partial charge in [-0.3, -0.25) is 14.4 Å². The number of amides is 1. The molecule has 0 radical (unpaired) electrons. The minimum atomic E-state index is -3.39. The van der Waals surface area contributed by atoms with E-state index in [-0.39, 0.29) is 5.41 Å². The molecule has 0 spiro atoms. The molecule has 1 fully saturated rings. The van der Waals surface area contributed by atoms with Gasteiger partial charge in [-0.15, -0.1) is 0 Å².